The van der Waals surface area contributed by atoms with Gasteiger partial charge in [0.2, 0.25) is 0 Å². The first kappa shape index (κ1) is 16.9. The van der Waals surface area contributed by atoms with Crippen molar-refractivity contribution in [2.75, 3.05) is 24.5 Å². The second-order valence-corrected chi connectivity index (χ2v) is 7.38. The van der Waals surface area contributed by atoms with Gasteiger partial charge in [-0.1, -0.05) is 5.16 Å². The summed E-state index contributed by atoms with van der Waals surface area (Å²) in [4.78, 5) is 18.4. The van der Waals surface area contributed by atoms with E-state index < -0.39 is 0 Å². The Labute approximate surface area is 162 Å². The lowest BCUT2D eigenvalue weighted by molar-refractivity contribution is 0.0935. The Kier molecular flexibility index (Phi) is 4.23. The minimum Gasteiger partial charge on any atom is -0.360 e. The Balaban J connectivity index is 1.11. The largest absolute Gasteiger partial charge is 0.360 e. The van der Waals surface area contributed by atoms with E-state index in [1.54, 1.807) is 18.5 Å². The molecule has 2 aliphatic rings. The van der Waals surface area contributed by atoms with Gasteiger partial charge in [-0.25, -0.2) is 0 Å². The van der Waals surface area contributed by atoms with Crippen molar-refractivity contribution >= 4 is 11.7 Å². The number of aromatic nitrogens is 4. The van der Waals surface area contributed by atoms with Gasteiger partial charge in [-0.2, -0.15) is 0 Å². The second-order valence-electron chi connectivity index (χ2n) is 7.38. The van der Waals surface area contributed by atoms with Crippen LogP contribution in [0.3, 0.4) is 0 Å². The highest BCUT2D eigenvalue weighted by molar-refractivity contribution is 5.92. The summed E-state index contributed by atoms with van der Waals surface area (Å²) < 4.78 is 5.24. The summed E-state index contributed by atoms with van der Waals surface area (Å²) in [7, 11) is 0. The summed E-state index contributed by atoms with van der Waals surface area (Å²) in [6.07, 6.45) is 5.73. The molecule has 3 aromatic heterocycles. The lowest BCUT2D eigenvalue weighted by Crippen LogP contribution is -2.52. The summed E-state index contributed by atoms with van der Waals surface area (Å²) in [6, 6.07) is 9.53. The average molecular weight is 376 g/mol. The highest BCUT2D eigenvalue weighted by Crippen LogP contribution is 2.40. The normalized spacial score (nSPS) is 16.6. The van der Waals surface area contributed by atoms with Crippen molar-refractivity contribution in [3.8, 4) is 11.3 Å². The Morgan fingerprint density at radius 1 is 1.14 bits per heavy atom. The van der Waals surface area contributed by atoms with Gasteiger partial charge in [-0.05, 0) is 37.1 Å². The Morgan fingerprint density at radius 2 is 1.96 bits per heavy atom. The fraction of sp³-hybridized carbons (Fsp3) is 0.350. The first-order valence-corrected chi connectivity index (χ1v) is 9.50. The molecule has 0 radical (unpaired) electrons. The number of nitrogens with one attached hydrogen (secondary N) is 1. The van der Waals surface area contributed by atoms with Crippen LogP contribution in [0.5, 0.6) is 0 Å². The fourth-order valence-electron chi connectivity index (χ4n) is 3.34. The van der Waals surface area contributed by atoms with Crippen molar-refractivity contribution in [3.63, 3.8) is 0 Å². The Morgan fingerprint density at radius 3 is 2.68 bits per heavy atom. The number of carbonyl (C=O) groups excluding carboxylic acids is 1. The third-order valence-electron chi connectivity index (χ3n) is 5.20. The number of hydrogen-bond acceptors (Lipinski definition) is 7. The third-order valence-corrected chi connectivity index (χ3v) is 5.20. The van der Waals surface area contributed by atoms with E-state index in [2.05, 4.69) is 30.6 Å². The maximum atomic E-state index is 12.2. The van der Waals surface area contributed by atoms with Gasteiger partial charge in [-0.15, -0.1) is 10.2 Å². The van der Waals surface area contributed by atoms with E-state index in [-0.39, 0.29) is 5.91 Å². The smallest absolute Gasteiger partial charge is 0.273 e. The molecule has 1 N–H and O–H groups in total. The average Bonchev–Trinajstić information content (AvgIpc) is 3.44. The van der Waals surface area contributed by atoms with Crippen molar-refractivity contribution in [3.05, 3.63) is 54.2 Å². The maximum Gasteiger partial charge on any atom is 0.273 e. The highest BCUT2D eigenvalue weighted by Gasteiger charge is 2.30. The highest BCUT2D eigenvalue weighted by atomic mass is 16.5. The van der Waals surface area contributed by atoms with E-state index in [9.17, 15) is 4.79 Å². The van der Waals surface area contributed by atoms with E-state index in [1.807, 2.05) is 24.3 Å². The van der Waals surface area contributed by atoms with Crippen molar-refractivity contribution in [1.29, 1.82) is 0 Å². The molecule has 2 fully saturated rings. The van der Waals surface area contributed by atoms with Crippen molar-refractivity contribution in [2.45, 2.75) is 18.8 Å². The van der Waals surface area contributed by atoms with Crippen LogP contribution >= 0.6 is 0 Å². The fourth-order valence-corrected chi connectivity index (χ4v) is 3.34. The molecule has 8 nitrogen and oxygen atoms in total. The van der Waals surface area contributed by atoms with Crippen LogP contribution in [0.4, 0.5) is 5.82 Å². The van der Waals surface area contributed by atoms with Crippen LogP contribution in [0.15, 0.2) is 47.2 Å². The first-order chi connectivity index (χ1) is 13.8. The predicted molar refractivity (Wildman–Crippen MR) is 102 cm³/mol. The van der Waals surface area contributed by atoms with Gasteiger partial charge in [0, 0.05) is 55.5 Å². The van der Waals surface area contributed by atoms with E-state index in [1.165, 1.54) is 0 Å². The number of carbonyl (C=O) groups is 1. The lowest BCUT2D eigenvalue weighted by Gasteiger charge is -2.39. The van der Waals surface area contributed by atoms with Crippen LogP contribution in [0.25, 0.3) is 11.3 Å². The second kappa shape index (κ2) is 7.03. The van der Waals surface area contributed by atoms with E-state index >= 15 is 0 Å². The number of pyridine rings is 1. The van der Waals surface area contributed by atoms with E-state index in [0.717, 1.165) is 48.8 Å². The molecule has 1 aliphatic carbocycles. The predicted octanol–water partition coefficient (Wildman–Crippen LogP) is 2.27. The topological polar surface area (TPSA) is 97.0 Å². The van der Waals surface area contributed by atoms with Gasteiger partial charge >= 0.3 is 0 Å². The molecular weight excluding hydrogens is 356 g/mol. The molecular formula is C20H20N6O2. The van der Waals surface area contributed by atoms with Gasteiger partial charge in [0.1, 0.15) is 5.76 Å². The lowest BCUT2D eigenvalue weighted by atomic mass is 10.00. The molecule has 1 saturated heterocycles. The quantitative estimate of drug-likeness (QED) is 0.705. The van der Waals surface area contributed by atoms with Crippen LogP contribution in [0.1, 0.15) is 35.0 Å². The molecule has 0 atom stereocenters. The Bertz CT molecular complexity index is 962. The van der Waals surface area contributed by atoms with Crippen molar-refractivity contribution < 1.29 is 9.32 Å². The summed E-state index contributed by atoms with van der Waals surface area (Å²) in [5.74, 6) is 2.36. The molecule has 1 aliphatic heterocycles. The summed E-state index contributed by atoms with van der Waals surface area (Å²) >= 11 is 0. The zero-order valence-electron chi connectivity index (χ0n) is 15.3. The van der Waals surface area contributed by atoms with E-state index in [4.69, 9.17) is 4.52 Å². The molecule has 5 rings (SSSR count). The molecule has 1 saturated carbocycles. The minimum absolute atomic E-state index is 0.171. The molecule has 0 spiro atoms. The number of amides is 1. The van der Waals surface area contributed by atoms with Crippen LogP contribution in [0, 0.1) is 5.92 Å². The standard InChI is InChI=1S/C20H20N6O2/c27-20(17-9-18(28-25-17)15-1-2-15)22-10-13-11-26(12-13)19-4-3-16(23-24-19)14-5-7-21-8-6-14/h3-9,13,15H,1-2,10-12H2,(H,22,27). The van der Waals surface area contributed by atoms with Crippen LogP contribution < -0.4 is 10.2 Å². The van der Waals surface area contributed by atoms with Crippen LogP contribution in [-0.2, 0) is 0 Å². The van der Waals surface area contributed by atoms with Gasteiger partial charge in [0.05, 0.1) is 5.69 Å². The number of anilines is 1. The Hall–Kier alpha value is -3.29. The summed E-state index contributed by atoms with van der Waals surface area (Å²) in [6.45, 7) is 2.30. The maximum absolute atomic E-state index is 12.2. The first-order valence-electron chi connectivity index (χ1n) is 9.50. The molecule has 28 heavy (non-hydrogen) atoms. The third kappa shape index (κ3) is 3.45. The molecule has 3 aromatic rings. The zero-order chi connectivity index (χ0) is 18.9. The molecule has 8 heteroatoms. The number of rotatable bonds is 6. The van der Waals surface area contributed by atoms with E-state index in [0.29, 0.717) is 24.1 Å². The SMILES string of the molecule is O=C(NCC1CN(c2ccc(-c3ccncc3)nn2)C1)c1cc(C2CC2)on1. The molecule has 1 amide bonds. The van der Waals surface area contributed by atoms with Gasteiger partial charge in [-0.3, -0.25) is 9.78 Å². The molecule has 4 heterocycles. The molecule has 0 aromatic carbocycles. The number of hydrogen-bond donors (Lipinski definition) is 1. The van der Waals surface area contributed by atoms with Gasteiger partial charge in [0.25, 0.3) is 5.91 Å². The van der Waals surface area contributed by atoms with Crippen LogP contribution in [-0.4, -0.2) is 45.9 Å². The van der Waals surface area contributed by atoms with Gasteiger partial charge < -0.3 is 14.7 Å². The van der Waals surface area contributed by atoms with Crippen LogP contribution in [0.2, 0.25) is 0 Å². The van der Waals surface area contributed by atoms with Crippen molar-refractivity contribution in [1.82, 2.24) is 25.7 Å². The number of nitrogens with zero attached hydrogens (tertiary/aromatic N) is 5. The summed E-state index contributed by atoms with van der Waals surface area (Å²) in [5, 5.41) is 15.5. The minimum atomic E-state index is -0.171. The monoisotopic (exact) mass is 376 g/mol. The van der Waals surface area contributed by atoms with Crippen molar-refractivity contribution in [2.24, 2.45) is 5.92 Å². The van der Waals surface area contributed by atoms with Gasteiger partial charge in [0.15, 0.2) is 11.5 Å². The summed E-state index contributed by atoms with van der Waals surface area (Å²) in [5.41, 5.74) is 2.19. The zero-order valence-corrected chi connectivity index (χ0v) is 15.3. The molecule has 142 valence electrons. The molecule has 0 bridgehead atoms. The molecule has 0 unspecified atom stereocenters.